The number of nitro groups is 1. The molecule has 2 unspecified atom stereocenters. The molecule has 0 aliphatic carbocycles. The number of nitrogens with zero attached hydrogens (tertiary/aromatic N) is 1. The molecule has 3 rings (SSSR count). The van der Waals surface area contributed by atoms with E-state index in [-0.39, 0.29) is 23.8 Å². The number of ether oxygens (including phenoxy) is 2. The van der Waals surface area contributed by atoms with Crippen LogP contribution in [0.1, 0.15) is 29.3 Å². The quantitative estimate of drug-likeness (QED) is 0.436. The fourth-order valence-corrected chi connectivity index (χ4v) is 3.52. The van der Waals surface area contributed by atoms with Gasteiger partial charge in [0, 0.05) is 17.4 Å². The van der Waals surface area contributed by atoms with E-state index in [0.717, 1.165) is 10.5 Å². The fourth-order valence-electron chi connectivity index (χ4n) is 2.62. The van der Waals surface area contributed by atoms with Crippen LogP contribution in [-0.4, -0.2) is 29.1 Å². The summed E-state index contributed by atoms with van der Waals surface area (Å²) in [6.45, 7) is 3.66. The van der Waals surface area contributed by atoms with Gasteiger partial charge < -0.3 is 9.47 Å². The Kier molecular flexibility index (Phi) is 5.46. The topological polar surface area (TPSA) is 95.7 Å². The molecule has 0 amide bonds. The van der Waals surface area contributed by atoms with Gasteiger partial charge in [-0.25, -0.2) is 9.59 Å². The molecule has 1 fully saturated rings. The molecule has 2 aromatic carbocycles. The minimum atomic E-state index is -0.979. The first-order chi connectivity index (χ1) is 12.8. The molecule has 2 aromatic rings. The fraction of sp³-hybridized carbons (Fsp3) is 0.263. The molecule has 0 spiro atoms. The van der Waals surface area contributed by atoms with E-state index in [9.17, 15) is 19.7 Å². The van der Waals surface area contributed by atoms with Crippen LogP contribution in [-0.2, 0) is 14.3 Å². The maximum absolute atomic E-state index is 12.3. The predicted molar refractivity (Wildman–Crippen MR) is 97.8 cm³/mol. The van der Waals surface area contributed by atoms with Crippen LogP contribution < -0.4 is 0 Å². The first kappa shape index (κ1) is 18.9. The smallest absolute Gasteiger partial charge is 0.347 e. The lowest BCUT2D eigenvalue weighted by Crippen LogP contribution is -2.22. The maximum Gasteiger partial charge on any atom is 0.347 e. The number of hydrogen-bond acceptors (Lipinski definition) is 7. The van der Waals surface area contributed by atoms with Crippen LogP contribution in [0.15, 0.2) is 52.3 Å². The molecule has 1 heterocycles. The Bertz CT molecular complexity index is 896. The third kappa shape index (κ3) is 4.46. The highest BCUT2D eigenvalue weighted by Crippen LogP contribution is 2.35. The first-order valence-corrected chi connectivity index (χ1v) is 9.09. The zero-order valence-corrected chi connectivity index (χ0v) is 15.5. The largest absolute Gasteiger partial charge is 0.460 e. The second-order valence-electron chi connectivity index (χ2n) is 6.23. The SMILES string of the molecule is Cc1ccc(Sc2ccc(C(=O)OC3CC(C)OC3=O)cc2[N+](=O)[O-])cc1. The van der Waals surface area contributed by atoms with E-state index < -0.39 is 23.0 Å². The summed E-state index contributed by atoms with van der Waals surface area (Å²) in [7, 11) is 0. The third-order valence-corrected chi connectivity index (χ3v) is 5.09. The molecule has 2 atom stereocenters. The van der Waals surface area contributed by atoms with Gasteiger partial charge in [-0.05, 0) is 38.1 Å². The molecule has 7 nitrogen and oxygen atoms in total. The minimum absolute atomic E-state index is 0.0160. The van der Waals surface area contributed by atoms with Gasteiger partial charge in [0.2, 0.25) is 6.10 Å². The summed E-state index contributed by atoms with van der Waals surface area (Å²) in [5.41, 5.74) is 0.909. The Morgan fingerprint density at radius 2 is 1.96 bits per heavy atom. The highest BCUT2D eigenvalue weighted by Gasteiger charge is 2.35. The van der Waals surface area contributed by atoms with Crippen molar-refractivity contribution in [3.05, 3.63) is 63.7 Å². The molecule has 1 aliphatic rings. The van der Waals surface area contributed by atoms with Crippen LogP contribution in [0.25, 0.3) is 0 Å². The van der Waals surface area contributed by atoms with Crippen molar-refractivity contribution in [2.24, 2.45) is 0 Å². The van der Waals surface area contributed by atoms with Gasteiger partial charge in [0.25, 0.3) is 5.69 Å². The number of benzene rings is 2. The van der Waals surface area contributed by atoms with E-state index >= 15 is 0 Å². The van der Waals surface area contributed by atoms with Crippen LogP contribution in [0.2, 0.25) is 0 Å². The Morgan fingerprint density at radius 1 is 1.26 bits per heavy atom. The van der Waals surface area contributed by atoms with E-state index in [0.29, 0.717) is 4.90 Å². The third-order valence-electron chi connectivity index (χ3n) is 4.02. The van der Waals surface area contributed by atoms with Gasteiger partial charge in [-0.1, -0.05) is 29.5 Å². The molecule has 0 N–H and O–H groups in total. The molecule has 27 heavy (non-hydrogen) atoms. The molecule has 0 radical (unpaired) electrons. The van der Waals surface area contributed by atoms with Gasteiger partial charge in [-0.3, -0.25) is 10.1 Å². The first-order valence-electron chi connectivity index (χ1n) is 8.28. The predicted octanol–water partition coefficient (Wildman–Crippen LogP) is 3.92. The average Bonchev–Trinajstić information content (AvgIpc) is 2.94. The summed E-state index contributed by atoms with van der Waals surface area (Å²) in [6, 6.07) is 11.7. The summed E-state index contributed by atoms with van der Waals surface area (Å²) in [6.07, 6.45) is -1.03. The zero-order valence-electron chi connectivity index (χ0n) is 14.7. The van der Waals surface area contributed by atoms with Crippen molar-refractivity contribution in [3.8, 4) is 0 Å². The van der Waals surface area contributed by atoms with Gasteiger partial charge in [0.05, 0.1) is 15.4 Å². The number of esters is 2. The lowest BCUT2D eigenvalue weighted by molar-refractivity contribution is -0.387. The monoisotopic (exact) mass is 387 g/mol. The summed E-state index contributed by atoms with van der Waals surface area (Å²) in [4.78, 5) is 36.0. The lowest BCUT2D eigenvalue weighted by Gasteiger charge is -2.09. The Balaban J connectivity index is 1.80. The van der Waals surface area contributed by atoms with Gasteiger partial charge in [0.15, 0.2) is 0 Å². The molecule has 1 aliphatic heterocycles. The van der Waals surface area contributed by atoms with Crippen molar-refractivity contribution in [1.29, 1.82) is 0 Å². The van der Waals surface area contributed by atoms with Crippen molar-refractivity contribution in [2.75, 3.05) is 0 Å². The normalized spacial score (nSPS) is 18.8. The van der Waals surface area contributed by atoms with Gasteiger partial charge in [-0.15, -0.1) is 0 Å². The van der Waals surface area contributed by atoms with Crippen molar-refractivity contribution in [1.82, 2.24) is 0 Å². The number of carbonyl (C=O) groups is 2. The number of hydrogen-bond donors (Lipinski definition) is 0. The molecule has 1 saturated heterocycles. The summed E-state index contributed by atoms with van der Waals surface area (Å²) >= 11 is 1.24. The minimum Gasteiger partial charge on any atom is -0.460 e. The van der Waals surface area contributed by atoms with Crippen molar-refractivity contribution in [2.45, 2.75) is 42.3 Å². The summed E-state index contributed by atoms with van der Waals surface area (Å²) < 4.78 is 10.1. The second-order valence-corrected chi connectivity index (χ2v) is 7.35. The molecule has 0 saturated carbocycles. The molecule has 0 bridgehead atoms. The maximum atomic E-state index is 12.3. The Labute approximate surface area is 159 Å². The van der Waals surface area contributed by atoms with E-state index in [1.165, 1.54) is 30.0 Å². The van der Waals surface area contributed by atoms with Crippen LogP contribution in [0.3, 0.4) is 0 Å². The van der Waals surface area contributed by atoms with Crippen LogP contribution in [0, 0.1) is 17.0 Å². The Hall–Kier alpha value is -2.87. The molecular weight excluding hydrogens is 370 g/mol. The Morgan fingerprint density at radius 3 is 2.56 bits per heavy atom. The van der Waals surface area contributed by atoms with Crippen molar-refractivity contribution < 1.29 is 24.0 Å². The number of nitro benzene ring substituents is 1. The molecule has 140 valence electrons. The number of cyclic esters (lactones) is 1. The lowest BCUT2D eigenvalue weighted by atomic mass is 10.2. The number of carbonyl (C=O) groups excluding carboxylic acids is 2. The summed E-state index contributed by atoms with van der Waals surface area (Å²) in [5, 5.41) is 11.4. The highest BCUT2D eigenvalue weighted by molar-refractivity contribution is 7.99. The number of rotatable bonds is 5. The molecular formula is C19H17NO6S. The highest BCUT2D eigenvalue weighted by atomic mass is 32.2. The van der Waals surface area contributed by atoms with Crippen LogP contribution in [0.5, 0.6) is 0 Å². The van der Waals surface area contributed by atoms with E-state index in [1.54, 1.807) is 6.92 Å². The van der Waals surface area contributed by atoms with Crippen molar-refractivity contribution >= 4 is 29.4 Å². The summed E-state index contributed by atoms with van der Waals surface area (Å²) in [5.74, 6) is -1.39. The molecule has 8 heteroatoms. The zero-order chi connectivity index (χ0) is 19.6. The number of aryl methyl sites for hydroxylation is 1. The second kappa shape index (κ2) is 7.79. The van der Waals surface area contributed by atoms with Gasteiger partial charge in [-0.2, -0.15) is 0 Å². The van der Waals surface area contributed by atoms with Gasteiger partial charge in [0.1, 0.15) is 6.10 Å². The standard InChI is InChI=1S/C19H17NO6S/c1-11-3-6-14(7-4-11)27-17-8-5-13(10-15(17)20(23)24)18(21)26-16-9-12(2)25-19(16)22/h3-8,10,12,16H,9H2,1-2H3. The van der Waals surface area contributed by atoms with E-state index in [1.807, 2.05) is 31.2 Å². The van der Waals surface area contributed by atoms with Crippen LogP contribution in [0.4, 0.5) is 5.69 Å². The average molecular weight is 387 g/mol. The van der Waals surface area contributed by atoms with Crippen LogP contribution >= 0.6 is 11.8 Å². The van der Waals surface area contributed by atoms with Gasteiger partial charge >= 0.3 is 11.9 Å². The molecule has 0 aromatic heterocycles. The van der Waals surface area contributed by atoms with E-state index in [4.69, 9.17) is 9.47 Å². The van der Waals surface area contributed by atoms with E-state index in [2.05, 4.69) is 0 Å². The van der Waals surface area contributed by atoms with Crippen molar-refractivity contribution in [3.63, 3.8) is 0 Å².